The zero-order valence-electron chi connectivity index (χ0n) is 35.7. The van der Waals surface area contributed by atoms with Crippen LogP contribution < -0.4 is 5.19 Å². The van der Waals surface area contributed by atoms with Gasteiger partial charge in [0.15, 0.2) is 5.78 Å². The average Bonchev–Trinajstić information content (AvgIpc) is 3.41. The van der Waals surface area contributed by atoms with Crippen LogP contribution in [0, 0.1) is 47.0 Å². The summed E-state index contributed by atoms with van der Waals surface area (Å²) in [5.41, 5.74) is 3.02. The van der Waals surface area contributed by atoms with Crippen molar-refractivity contribution in [1.82, 2.24) is 9.97 Å². The third-order valence-electron chi connectivity index (χ3n) is 9.44. The van der Waals surface area contributed by atoms with Crippen molar-refractivity contribution in [3.8, 4) is 11.3 Å². The van der Waals surface area contributed by atoms with Crippen molar-refractivity contribution in [1.29, 1.82) is 0 Å². The fraction of sp³-hybridized carbons (Fsp3) is 0.489. The molecular formula is C45H61IrN2O2SSi-. The van der Waals surface area contributed by atoms with E-state index in [1.807, 2.05) is 39.0 Å². The molecule has 52 heavy (non-hydrogen) atoms. The van der Waals surface area contributed by atoms with Gasteiger partial charge in [0.1, 0.15) is 6.33 Å². The molecule has 5 aromatic rings. The second-order valence-corrected chi connectivity index (χ2v) is 23.6. The smallest absolute Gasteiger partial charge is 0.162 e. The third-order valence-corrected chi connectivity index (χ3v) is 12.6. The molecule has 0 amide bonds. The van der Waals surface area contributed by atoms with E-state index in [0.717, 1.165) is 36.9 Å². The first-order valence-corrected chi connectivity index (χ1v) is 22.9. The number of carbonyl (C=O) groups is 1. The van der Waals surface area contributed by atoms with E-state index in [2.05, 4.69) is 116 Å². The molecule has 5 rings (SSSR count). The molecule has 0 bridgehead atoms. The molecule has 283 valence electrons. The predicted molar refractivity (Wildman–Crippen MR) is 225 cm³/mol. The Morgan fingerprint density at radius 3 is 2.04 bits per heavy atom. The van der Waals surface area contributed by atoms with Gasteiger partial charge in [-0.25, -0.2) is 4.98 Å². The van der Waals surface area contributed by atoms with Gasteiger partial charge in [0.05, 0.1) is 19.3 Å². The standard InChI is InChI=1S/C28H29N2SSi.C17H32O2.Ir/c1-28(2,3)16-18-11-12-22-23(13-18)31-27-25(29-17-30-26(22)27)20-14-19-9-7-8-10-21(19)24(15-20)32(4,5)6;1-10(2)16(11(3)4)14(18)9-15(19)17(12(5)6)13(7)8;/h7-13,15,17H,16H2,1-6H3;9-13,16-18H,1-8H3;/q-1;;/b;14-9-;/i16D2;;. The van der Waals surface area contributed by atoms with Gasteiger partial charge in [-0.05, 0) is 47.1 Å². The van der Waals surface area contributed by atoms with Gasteiger partial charge in [-0.1, -0.05) is 137 Å². The quantitative estimate of drug-likeness (QED) is 0.0656. The van der Waals surface area contributed by atoms with Crippen molar-refractivity contribution in [2.45, 2.75) is 102 Å². The summed E-state index contributed by atoms with van der Waals surface area (Å²) in [5, 5.41) is 15.1. The summed E-state index contributed by atoms with van der Waals surface area (Å²) in [5.74, 6) is 1.63. The van der Waals surface area contributed by atoms with E-state index in [9.17, 15) is 9.90 Å². The van der Waals surface area contributed by atoms with E-state index in [4.69, 9.17) is 7.73 Å². The Morgan fingerprint density at radius 2 is 1.48 bits per heavy atom. The number of aliphatic hydroxyl groups excluding tert-OH is 1. The Bertz CT molecular complexity index is 2090. The number of hydrogen-bond acceptors (Lipinski definition) is 5. The zero-order valence-corrected chi connectivity index (χ0v) is 37.9. The number of fused-ring (bicyclic) bond motifs is 4. The second-order valence-electron chi connectivity index (χ2n) is 17.5. The maximum absolute atomic E-state index is 12.3. The monoisotopic (exact) mass is 916 g/mol. The van der Waals surface area contributed by atoms with E-state index in [1.54, 1.807) is 17.7 Å². The first kappa shape index (κ1) is 40.5. The number of carbonyl (C=O) groups excluding carboxylic acids is 1. The third kappa shape index (κ3) is 10.5. The molecule has 2 aromatic heterocycles. The minimum atomic E-state index is -1.61. The Hall–Kier alpha value is -2.70. The van der Waals surface area contributed by atoms with Crippen LogP contribution in [0.2, 0.25) is 19.6 Å². The summed E-state index contributed by atoms with van der Waals surface area (Å²) < 4.78 is 19.5. The number of benzene rings is 3. The molecule has 0 atom stereocenters. The van der Waals surface area contributed by atoms with Crippen LogP contribution in [0.4, 0.5) is 0 Å². The van der Waals surface area contributed by atoms with Crippen molar-refractivity contribution >= 4 is 61.5 Å². The normalized spacial score (nSPS) is 13.7. The Labute approximate surface area is 335 Å². The molecule has 0 fully saturated rings. The van der Waals surface area contributed by atoms with E-state index < -0.39 is 19.9 Å². The number of aromatic nitrogens is 2. The van der Waals surface area contributed by atoms with Crippen molar-refractivity contribution in [2.24, 2.45) is 40.9 Å². The zero-order chi connectivity index (χ0) is 39.8. The number of rotatable bonds is 10. The molecule has 0 aliphatic rings. The van der Waals surface area contributed by atoms with Crippen LogP contribution in [0.5, 0.6) is 0 Å². The fourth-order valence-corrected chi connectivity index (χ4v) is 10.3. The van der Waals surface area contributed by atoms with Gasteiger partial charge in [-0.2, -0.15) is 0 Å². The van der Waals surface area contributed by atoms with Crippen molar-refractivity contribution in [3.63, 3.8) is 0 Å². The SMILES string of the molecule is CC(C)C(C(=O)/C=C(\O)C(C(C)C)C(C)C)C(C)C.[2H]C([2H])(c1ccc2c(c1)sc1c(-c3[c-]c4ccccc4c([Si](C)(C)C)c3)ncnc12)C(C)(C)C.[Ir]. The fourth-order valence-electron chi connectivity index (χ4n) is 7.47. The topological polar surface area (TPSA) is 63.1 Å². The van der Waals surface area contributed by atoms with Gasteiger partial charge < -0.3 is 5.11 Å². The Morgan fingerprint density at radius 1 is 0.885 bits per heavy atom. The molecular weight excluding hydrogens is 853 g/mol. The van der Waals surface area contributed by atoms with Gasteiger partial charge in [0.25, 0.3) is 0 Å². The van der Waals surface area contributed by atoms with Crippen LogP contribution in [-0.4, -0.2) is 28.9 Å². The van der Waals surface area contributed by atoms with Crippen molar-refractivity contribution < 1.29 is 32.7 Å². The minimum Gasteiger partial charge on any atom is -0.512 e. The Kier molecular flexibility index (Phi) is 13.7. The molecule has 1 N–H and O–H groups in total. The first-order valence-electron chi connectivity index (χ1n) is 19.5. The summed E-state index contributed by atoms with van der Waals surface area (Å²) in [6.45, 7) is 29.5. The molecule has 1 radical (unpaired) electrons. The van der Waals surface area contributed by atoms with Crippen molar-refractivity contribution in [2.75, 3.05) is 0 Å². The van der Waals surface area contributed by atoms with Crippen molar-refractivity contribution in [3.05, 3.63) is 78.3 Å². The number of aliphatic hydroxyl groups is 1. The van der Waals surface area contributed by atoms with Crippen LogP contribution in [-0.2, 0) is 31.3 Å². The second kappa shape index (κ2) is 17.6. The Balaban J connectivity index is 0.000000338. The minimum absolute atomic E-state index is 0. The molecule has 7 heteroatoms. The van der Waals surface area contributed by atoms with E-state index >= 15 is 0 Å². The summed E-state index contributed by atoms with van der Waals surface area (Å²) in [4.78, 5) is 21.7. The van der Waals surface area contributed by atoms with Gasteiger partial charge in [-0.3, -0.25) is 9.78 Å². The van der Waals surface area contributed by atoms with Crippen LogP contribution >= 0.6 is 11.3 Å². The molecule has 0 spiro atoms. The largest absolute Gasteiger partial charge is 0.512 e. The maximum atomic E-state index is 12.3. The first-order chi connectivity index (χ1) is 24.5. The van der Waals surface area contributed by atoms with E-state index in [-0.39, 0.29) is 43.5 Å². The average molecular weight is 916 g/mol. The van der Waals surface area contributed by atoms with Crippen LogP contribution in [0.1, 0.15) is 84.5 Å². The summed E-state index contributed by atoms with van der Waals surface area (Å²) in [7, 11) is -1.61. The molecule has 2 heterocycles. The number of hydrogen-bond donors (Lipinski definition) is 1. The summed E-state index contributed by atoms with van der Waals surface area (Å²) in [6.07, 6.45) is 1.68. The number of ketones is 1. The molecule has 0 aliphatic heterocycles. The number of thiophene rings is 1. The molecule has 4 nitrogen and oxygen atoms in total. The summed E-state index contributed by atoms with van der Waals surface area (Å²) >= 11 is 1.64. The molecule has 3 aromatic carbocycles. The van der Waals surface area contributed by atoms with Gasteiger partial charge in [0.2, 0.25) is 0 Å². The van der Waals surface area contributed by atoms with Gasteiger partial charge in [-0.15, -0.1) is 40.1 Å². The van der Waals surface area contributed by atoms with Crippen LogP contribution in [0.25, 0.3) is 42.3 Å². The van der Waals surface area contributed by atoms with Crippen LogP contribution in [0.3, 0.4) is 0 Å². The molecule has 0 unspecified atom stereocenters. The summed E-state index contributed by atoms with van der Waals surface area (Å²) in [6, 6.07) is 20.3. The molecule has 0 aliphatic carbocycles. The molecule has 0 saturated carbocycles. The number of allylic oxidation sites excluding steroid dienone is 2. The van der Waals surface area contributed by atoms with Gasteiger partial charge >= 0.3 is 0 Å². The van der Waals surface area contributed by atoms with Crippen LogP contribution in [0.15, 0.2) is 66.7 Å². The maximum Gasteiger partial charge on any atom is 0.162 e. The van der Waals surface area contributed by atoms with E-state index in [0.29, 0.717) is 29.2 Å². The number of nitrogens with zero attached hydrogens (tertiary/aromatic N) is 2. The predicted octanol–water partition coefficient (Wildman–Crippen LogP) is 12.4. The van der Waals surface area contributed by atoms with Gasteiger partial charge in [0, 0.05) is 61.2 Å². The molecule has 0 saturated heterocycles. The van der Waals surface area contributed by atoms with E-state index in [1.165, 1.54) is 16.6 Å².